The first-order valence-corrected chi connectivity index (χ1v) is 8.24. The molecule has 0 radical (unpaired) electrons. The van der Waals surface area contributed by atoms with Crippen molar-refractivity contribution in [3.8, 4) is 0 Å². The van der Waals surface area contributed by atoms with E-state index in [9.17, 15) is 0 Å². The van der Waals surface area contributed by atoms with Crippen LogP contribution in [-0.4, -0.2) is 32.0 Å². The Hall–Kier alpha value is -1.41. The van der Waals surface area contributed by atoms with Crippen LogP contribution in [0.15, 0.2) is 9.68 Å². The Morgan fingerprint density at radius 3 is 2.90 bits per heavy atom. The van der Waals surface area contributed by atoms with Crippen molar-refractivity contribution in [3.05, 3.63) is 17.5 Å². The smallest absolute Gasteiger partial charge is 0.229 e. The van der Waals surface area contributed by atoms with Gasteiger partial charge in [0.05, 0.1) is 12.3 Å². The summed E-state index contributed by atoms with van der Waals surface area (Å²) in [5, 5.41) is 16.3. The molecule has 2 aromatic heterocycles. The van der Waals surface area contributed by atoms with Crippen LogP contribution >= 0.6 is 11.8 Å². The third-order valence-corrected chi connectivity index (χ3v) is 4.79. The molecule has 2 aromatic rings. The maximum Gasteiger partial charge on any atom is 0.229 e. The minimum absolute atomic E-state index is 0.466. The fourth-order valence-corrected chi connectivity index (χ4v) is 3.35. The van der Waals surface area contributed by atoms with E-state index in [4.69, 9.17) is 4.52 Å². The minimum atomic E-state index is 0.466. The Morgan fingerprint density at radius 2 is 2.14 bits per heavy atom. The zero-order valence-electron chi connectivity index (χ0n) is 12.4. The number of aromatic nitrogens is 5. The molecule has 114 valence electrons. The molecule has 1 aliphatic carbocycles. The predicted octanol–water partition coefficient (Wildman–Crippen LogP) is 1.87. The van der Waals surface area contributed by atoms with Crippen molar-refractivity contribution >= 4 is 11.8 Å². The molecular formula is C13H20N6OS. The van der Waals surface area contributed by atoms with Crippen LogP contribution in [0.4, 0.5) is 0 Å². The highest BCUT2D eigenvalue weighted by Gasteiger charge is 2.23. The highest BCUT2D eigenvalue weighted by Crippen LogP contribution is 2.33. The summed E-state index contributed by atoms with van der Waals surface area (Å²) in [6.45, 7) is 0.706. The normalized spacial score (nSPS) is 15.9. The molecule has 0 bridgehead atoms. The number of thioether (sulfide) groups is 1. The number of nitrogens with one attached hydrogen (secondary N) is 1. The highest BCUT2D eigenvalue weighted by molar-refractivity contribution is 7.98. The van der Waals surface area contributed by atoms with Crippen molar-refractivity contribution < 1.29 is 4.52 Å². The van der Waals surface area contributed by atoms with Gasteiger partial charge in [0.25, 0.3) is 0 Å². The number of rotatable bonds is 6. The van der Waals surface area contributed by atoms with Crippen molar-refractivity contribution in [1.29, 1.82) is 0 Å². The maximum atomic E-state index is 5.38. The van der Waals surface area contributed by atoms with Gasteiger partial charge in [-0.05, 0) is 19.9 Å². The summed E-state index contributed by atoms with van der Waals surface area (Å²) in [5.41, 5.74) is 0. The van der Waals surface area contributed by atoms with E-state index in [0.717, 1.165) is 22.7 Å². The standard InChI is InChI=1S/C13H20N6OS/c1-14-7-11-16-17-13(19(11)2)21-8-10-15-12(20-18-10)9-5-3-4-6-9/h9,14H,3-8H2,1-2H3. The minimum Gasteiger partial charge on any atom is -0.339 e. The van der Waals surface area contributed by atoms with Gasteiger partial charge in [0.15, 0.2) is 11.0 Å². The first-order chi connectivity index (χ1) is 10.3. The number of nitrogens with zero attached hydrogens (tertiary/aromatic N) is 5. The molecule has 1 aliphatic rings. The van der Waals surface area contributed by atoms with Gasteiger partial charge in [-0.1, -0.05) is 29.8 Å². The van der Waals surface area contributed by atoms with Gasteiger partial charge in [-0.15, -0.1) is 10.2 Å². The van der Waals surface area contributed by atoms with Crippen molar-refractivity contribution in [1.82, 2.24) is 30.2 Å². The van der Waals surface area contributed by atoms with Crippen LogP contribution in [0.1, 0.15) is 49.1 Å². The molecule has 0 aliphatic heterocycles. The first kappa shape index (κ1) is 14.5. The SMILES string of the molecule is CNCc1nnc(SCc2noc(C3CCCC3)n2)n1C. The lowest BCUT2D eigenvalue weighted by molar-refractivity contribution is 0.351. The molecule has 8 heteroatoms. The Morgan fingerprint density at radius 1 is 1.33 bits per heavy atom. The maximum absolute atomic E-state index is 5.38. The van der Waals surface area contributed by atoms with Crippen LogP contribution in [-0.2, 0) is 19.3 Å². The Labute approximate surface area is 127 Å². The van der Waals surface area contributed by atoms with Crippen LogP contribution in [0.3, 0.4) is 0 Å². The zero-order chi connectivity index (χ0) is 14.7. The molecule has 7 nitrogen and oxygen atoms in total. The number of hydrogen-bond acceptors (Lipinski definition) is 7. The van der Waals surface area contributed by atoms with Gasteiger partial charge in [0.1, 0.15) is 5.82 Å². The second-order valence-corrected chi connectivity index (χ2v) is 6.25. The third kappa shape index (κ3) is 3.26. The van der Waals surface area contributed by atoms with Crippen LogP contribution in [0.2, 0.25) is 0 Å². The lowest BCUT2D eigenvalue weighted by Crippen LogP contribution is -2.10. The average molecular weight is 308 g/mol. The van der Waals surface area contributed by atoms with E-state index < -0.39 is 0 Å². The molecule has 2 heterocycles. The van der Waals surface area contributed by atoms with Crippen LogP contribution in [0.5, 0.6) is 0 Å². The van der Waals surface area contributed by atoms with Crippen molar-refractivity contribution in [2.75, 3.05) is 7.05 Å². The Kier molecular flexibility index (Phi) is 4.54. The Bertz CT molecular complexity index is 589. The molecule has 1 fully saturated rings. The molecule has 0 aromatic carbocycles. The van der Waals surface area contributed by atoms with Gasteiger partial charge >= 0.3 is 0 Å². The average Bonchev–Trinajstić information content (AvgIpc) is 3.19. The highest BCUT2D eigenvalue weighted by atomic mass is 32.2. The van der Waals surface area contributed by atoms with Crippen LogP contribution in [0.25, 0.3) is 0 Å². The van der Waals surface area contributed by atoms with Gasteiger partial charge in [-0.3, -0.25) is 0 Å². The second kappa shape index (κ2) is 6.57. The summed E-state index contributed by atoms with van der Waals surface area (Å²) in [7, 11) is 3.86. The molecule has 3 rings (SSSR count). The predicted molar refractivity (Wildman–Crippen MR) is 78.8 cm³/mol. The summed E-state index contributed by atoms with van der Waals surface area (Å²) < 4.78 is 7.37. The van der Waals surface area contributed by atoms with Gasteiger partial charge in [-0.25, -0.2) is 0 Å². The van der Waals surface area contributed by atoms with E-state index in [1.54, 1.807) is 11.8 Å². The topological polar surface area (TPSA) is 81.7 Å². The van der Waals surface area contributed by atoms with Crippen molar-refractivity contribution in [2.45, 2.75) is 49.1 Å². The molecular weight excluding hydrogens is 288 g/mol. The van der Waals surface area contributed by atoms with E-state index in [-0.39, 0.29) is 0 Å². The molecule has 1 saturated carbocycles. The molecule has 1 N–H and O–H groups in total. The zero-order valence-corrected chi connectivity index (χ0v) is 13.2. The van der Waals surface area contributed by atoms with Crippen molar-refractivity contribution in [2.24, 2.45) is 7.05 Å². The summed E-state index contributed by atoms with van der Waals surface area (Å²) in [6.07, 6.45) is 4.88. The van der Waals surface area contributed by atoms with E-state index in [1.165, 1.54) is 25.7 Å². The van der Waals surface area contributed by atoms with E-state index in [0.29, 0.717) is 18.2 Å². The first-order valence-electron chi connectivity index (χ1n) is 7.26. The number of hydrogen-bond donors (Lipinski definition) is 1. The summed E-state index contributed by atoms with van der Waals surface area (Å²) in [4.78, 5) is 4.51. The lowest BCUT2D eigenvalue weighted by Gasteiger charge is -2.01. The van der Waals surface area contributed by atoms with E-state index in [1.807, 2.05) is 18.7 Å². The second-order valence-electron chi connectivity index (χ2n) is 5.31. The molecule has 0 atom stereocenters. The van der Waals surface area contributed by atoms with E-state index >= 15 is 0 Å². The van der Waals surface area contributed by atoms with Gasteiger partial charge in [0.2, 0.25) is 5.89 Å². The fraction of sp³-hybridized carbons (Fsp3) is 0.692. The van der Waals surface area contributed by atoms with Crippen LogP contribution < -0.4 is 5.32 Å². The fourth-order valence-electron chi connectivity index (χ4n) is 2.58. The van der Waals surface area contributed by atoms with Gasteiger partial charge < -0.3 is 14.4 Å². The summed E-state index contributed by atoms with van der Waals surface area (Å²) >= 11 is 1.58. The molecule has 21 heavy (non-hydrogen) atoms. The van der Waals surface area contributed by atoms with Gasteiger partial charge in [0, 0.05) is 13.0 Å². The molecule has 0 spiro atoms. The van der Waals surface area contributed by atoms with Crippen molar-refractivity contribution in [3.63, 3.8) is 0 Å². The largest absolute Gasteiger partial charge is 0.339 e. The monoisotopic (exact) mass is 308 g/mol. The molecule has 0 saturated heterocycles. The van der Waals surface area contributed by atoms with Crippen LogP contribution in [0, 0.1) is 0 Å². The molecule has 0 amide bonds. The van der Waals surface area contributed by atoms with Gasteiger partial charge in [-0.2, -0.15) is 4.98 Å². The summed E-state index contributed by atoms with van der Waals surface area (Å²) in [6, 6.07) is 0. The lowest BCUT2D eigenvalue weighted by atomic mass is 10.1. The quantitative estimate of drug-likeness (QED) is 0.816. The molecule has 0 unspecified atom stereocenters. The van der Waals surface area contributed by atoms with E-state index in [2.05, 4.69) is 25.7 Å². The Balaban J connectivity index is 1.60. The third-order valence-electron chi connectivity index (χ3n) is 3.78. The summed E-state index contributed by atoms with van der Waals surface area (Å²) in [5.74, 6) is 3.58.